The highest BCUT2D eigenvalue weighted by Crippen LogP contribution is 2.22. The minimum Gasteiger partial charge on any atom is -0.382 e. The lowest BCUT2D eigenvalue weighted by Crippen LogP contribution is -2.10. The first-order valence-corrected chi connectivity index (χ1v) is 7.16. The highest BCUT2D eigenvalue weighted by atomic mass is 32.2. The molecular formula is C12H26O2S. The number of hydrogen-bond acceptors (Lipinski definition) is 3. The Balaban J connectivity index is 3.35. The lowest BCUT2D eigenvalue weighted by Gasteiger charge is -2.14. The fourth-order valence-electron chi connectivity index (χ4n) is 1.46. The molecule has 2 unspecified atom stereocenters. The zero-order chi connectivity index (χ0) is 11.5. The molecule has 3 heteroatoms. The Morgan fingerprint density at radius 2 is 1.20 bits per heavy atom. The van der Waals surface area contributed by atoms with Gasteiger partial charge in [-0.25, -0.2) is 0 Å². The molecule has 0 spiro atoms. The summed E-state index contributed by atoms with van der Waals surface area (Å²) in [6.07, 6.45) is 8.44. The smallest absolute Gasteiger partial charge is 0.102 e. The molecule has 0 bridgehead atoms. The molecule has 0 saturated carbocycles. The van der Waals surface area contributed by atoms with Crippen molar-refractivity contribution in [3.8, 4) is 0 Å². The molecule has 0 heterocycles. The molecule has 0 aromatic heterocycles. The van der Waals surface area contributed by atoms with Gasteiger partial charge in [-0.2, -0.15) is 0 Å². The first kappa shape index (κ1) is 15.3. The highest BCUT2D eigenvalue weighted by Gasteiger charge is 2.11. The average molecular weight is 234 g/mol. The van der Waals surface area contributed by atoms with Crippen LogP contribution in [0.5, 0.6) is 0 Å². The monoisotopic (exact) mass is 234 g/mol. The molecule has 2 atom stereocenters. The molecule has 0 radical (unpaired) electrons. The summed E-state index contributed by atoms with van der Waals surface area (Å²) in [6.45, 7) is 4.30. The van der Waals surface area contributed by atoms with Crippen LogP contribution in [-0.4, -0.2) is 21.1 Å². The van der Waals surface area contributed by atoms with Crippen LogP contribution in [0.2, 0.25) is 0 Å². The molecule has 0 aliphatic heterocycles. The van der Waals surface area contributed by atoms with Crippen LogP contribution in [0.3, 0.4) is 0 Å². The van der Waals surface area contributed by atoms with Gasteiger partial charge >= 0.3 is 0 Å². The normalized spacial score (nSPS) is 15.2. The van der Waals surface area contributed by atoms with Crippen LogP contribution in [0.15, 0.2) is 0 Å². The van der Waals surface area contributed by atoms with E-state index in [2.05, 4.69) is 13.8 Å². The van der Waals surface area contributed by atoms with Crippen molar-refractivity contribution >= 4 is 11.8 Å². The molecule has 0 aromatic carbocycles. The maximum absolute atomic E-state index is 9.61. The SMILES string of the molecule is CCCCCC(O)SC(O)CCCCC. The minimum absolute atomic E-state index is 0.381. The predicted octanol–water partition coefficient (Wildman–Crippen LogP) is 3.52. The van der Waals surface area contributed by atoms with Gasteiger partial charge in [0.15, 0.2) is 0 Å². The fourth-order valence-corrected chi connectivity index (χ4v) is 2.42. The van der Waals surface area contributed by atoms with Gasteiger partial charge in [-0.1, -0.05) is 64.1 Å². The summed E-state index contributed by atoms with van der Waals surface area (Å²) in [5, 5.41) is 19.2. The number of hydrogen-bond donors (Lipinski definition) is 2. The molecule has 0 saturated heterocycles. The van der Waals surface area contributed by atoms with Gasteiger partial charge in [0.1, 0.15) is 10.9 Å². The summed E-state index contributed by atoms with van der Waals surface area (Å²) in [5.74, 6) is 0. The van der Waals surface area contributed by atoms with Gasteiger partial charge < -0.3 is 10.2 Å². The van der Waals surface area contributed by atoms with Crippen LogP contribution in [0.1, 0.15) is 65.2 Å². The standard InChI is InChI=1S/C12H26O2S/c1-3-5-7-9-11(13)15-12(14)10-8-6-4-2/h11-14H,3-10H2,1-2H3. The van der Waals surface area contributed by atoms with Crippen LogP contribution >= 0.6 is 11.8 Å². The van der Waals surface area contributed by atoms with Crippen molar-refractivity contribution in [2.45, 2.75) is 76.1 Å². The summed E-state index contributed by atoms with van der Waals surface area (Å²) in [6, 6.07) is 0. The van der Waals surface area contributed by atoms with Gasteiger partial charge in [-0.05, 0) is 12.8 Å². The molecule has 0 rings (SSSR count). The number of aliphatic hydroxyl groups excluding tert-OH is 2. The van der Waals surface area contributed by atoms with Crippen LogP contribution in [-0.2, 0) is 0 Å². The zero-order valence-electron chi connectivity index (χ0n) is 10.1. The summed E-state index contributed by atoms with van der Waals surface area (Å²) < 4.78 is 0. The highest BCUT2D eigenvalue weighted by molar-refractivity contribution is 8.00. The Bertz CT molecular complexity index is 117. The van der Waals surface area contributed by atoms with Crippen molar-refractivity contribution in [1.29, 1.82) is 0 Å². The first-order chi connectivity index (χ1) is 7.20. The lowest BCUT2D eigenvalue weighted by molar-refractivity contribution is 0.220. The van der Waals surface area contributed by atoms with E-state index in [1.807, 2.05) is 0 Å². The number of thioether (sulfide) groups is 1. The summed E-state index contributed by atoms with van der Waals surface area (Å²) >= 11 is 1.31. The van der Waals surface area contributed by atoms with Crippen LogP contribution in [0.25, 0.3) is 0 Å². The topological polar surface area (TPSA) is 40.5 Å². The quantitative estimate of drug-likeness (QED) is 0.449. The van der Waals surface area contributed by atoms with Gasteiger partial charge in [-0.3, -0.25) is 0 Å². The van der Waals surface area contributed by atoms with E-state index in [1.54, 1.807) is 0 Å². The maximum atomic E-state index is 9.61. The van der Waals surface area contributed by atoms with Gasteiger partial charge in [0.05, 0.1) is 0 Å². The molecular weight excluding hydrogens is 208 g/mol. The Morgan fingerprint density at radius 3 is 1.53 bits per heavy atom. The third-order valence-corrected chi connectivity index (χ3v) is 3.52. The zero-order valence-corrected chi connectivity index (χ0v) is 10.9. The van der Waals surface area contributed by atoms with E-state index in [4.69, 9.17) is 0 Å². The Morgan fingerprint density at radius 1 is 0.800 bits per heavy atom. The summed E-state index contributed by atoms with van der Waals surface area (Å²) in [4.78, 5) is 0. The minimum atomic E-state index is -0.381. The van der Waals surface area contributed by atoms with Crippen molar-refractivity contribution in [3.05, 3.63) is 0 Å². The van der Waals surface area contributed by atoms with E-state index in [1.165, 1.54) is 37.4 Å². The second-order valence-corrected chi connectivity index (χ2v) is 5.40. The van der Waals surface area contributed by atoms with Crippen molar-refractivity contribution in [2.24, 2.45) is 0 Å². The molecule has 2 N–H and O–H groups in total. The Hall–Kier alpha value is 0.270. The van der Waals surface area contributed by atoms with Gasteiger partial charge in [0.25, 0.3) is 0 Å². The molecule has 15 heavy (non-hydrogen) atoms. The summed E-state index contributed by atoms with van der Waals surface area (Å²) in [5.41, 5.74) is -0.763. The van der Waals surface area contributed by atoms with Crippen molar-refractivity contribution in [2.75, 3.05) is 0 Å². The van der Waals surface area contributed by atoms with E-state index in [0.29, 0.717) is 0 Å². The average Bonchev–Trinajstić information content (AvgIpc) is 2.18. The van der Waals surface area contributed by atoms with Crippen molar-refractivity contribution in [3.63, 3.8) is 0 Å². The van der Waals surface area contributed by atoms with E-state index in [9.17, 15) is 10.2 Å². The van der Waals surface area contributed by atoms with Crippen molar-refractivity contribution in [1.82, 2.24) is 0 Å². The molecule has 2 nitrogen and oxygen atoms in total. The third kappa shape index (κ3) is 10.6. The lowest BCUT2D eigenvalue weighted by atomic mass is 10.2. The maximum Gasteiger partial charge on any atom is 0.102 e. The Kier molecular flexibility index (Phi) is 11.0. The van der Waals surface area contributed by atoms with E-state index >= 15 is 0 Å². The molecule has 92 valence electrons. The van der Waals surface area contributed by atoms with E-state index in [-0.39, 0.29) is 10.9 Å². The van der Waals surface area contributed by atoms with Gasteiger partial charge in [0.2, 0.25) is 0 Å². The molecule has 0 fully saturated rings. The van der Waals surface area contributed by atoms with Gasteiger partial charge in [-0.15, -0.1) is 0 Å². The molecule has 0 amide bonds. The number of unbranched alkanes of at least 4 members (excludes halogenated alkanes) is 4. The largest absolute Gasteiger partial charge is 0.382 e. The predicted molar refractivity (Wildman–Crippen MR) is 67.9 cm³/mol. The second-order valence-electron chi connectivity index (χ2n) is 4.04. The third-order valence-electron chi connectivity index (χ3n) is 2.42. The molecule has 0 aliphatic rings. The Labute approximate surface area is 98.5 Å². The number of aliphatic hydroxyl groups is 2. The number of rotatable bonds is 10. The molecule has 0 aliphatic carbocycles. The van der Waals surface area contributed by atoms with Gasteiger partial charge in [0, 0.05) is 0 Å². The van der Waals surface area contributed by atoms with E-state index < -0.39 is 0 Å². The first-order valence-electron chi connectivity index (χ1n) is 6.22. The van der Waals surface area contributed by atoms with Crippen LogP contribution in [0.4, 0.5) is 0 Å². The fraction of sp³-hybridized carbons (Fsp3) is 1.00. The van der Waals surface area contributed by atoms with E-state index in [0.717, 1.165) is 25.7 Å². The van der Waals surface area contributed by atoms with Crippen molar-refractivity contribution < 1.29 is 10.2 Å². The summed E-state index contributed by atoms with van der Waals surface area (Å²) in [7, 11) is 0. The van der Waals surface area contributed by atoms with Crippen LogP contribution < -0.4 is 0 Å². The second kappa shape index (κ2) is 10.8. The molecule has 0 aromatic rings. The van der Waals surface area contributed by atoms with Crippen LogP contribution in [0, 0.1) is 0 Å².